The molecule has 0 saturated heterocycles. The zero-order valence-electron chi connectivity index (χ0n) is 17.9. The van der Waals surface area contributed by atoms with Crippen LogP contribution in [-0.2, 0) is 8.47 Å². The minimum atomic E-state index is -0.619. The molecule has 0 nitrogen and oxygen atoms in total. The SMILES string of the molecule is C1CCC(P(C2CCCCC2)C2CCCCC2)CC1.[I][Ru]([I])=[CH]c1ccccc1. The molecule has 0 amide bonds. The first-order valence-electron chi connectivity index (χ1n) is 11.9. The molecule has 4 heteroatoms. The Balaban J connectivity index is 0.000000204. The van der Waals surface area contributed by atoms with Crippen LogP contribution in [-0.4, -0.2) is 21.6 Å². The molecule has 0 atom stereocenters. The van der Waals surface area contributed by atoms with Gasteiger partial charge in [0.15, 0.2) is 0 Å². The molecule has 0 bridgehead atoms. The van der Waals surface area contributed by atoms with Crippen LogP contribution in [0.4, 0.5) is 0 Å². The third-order valence-corrected chi connectivity index (χ3v) is 14.6. The van der Waals surface area contributed by atoms with Crippen LogP contribution in [0, 0.1) is 0 Å². The van der Waals surface area contributed by atoms with Crippen molar-refractivity contribution in [3.05, 3.63) is 35.9 Å². The average molecular weight is 725 g/mol. The molecule has 166 valence electrons. The van der Waals surface area contributed by atoms with Crippen molar-refractivity contribution >= 4 is 52.0 Å². The van der Waals surface area contributed by atoms with Crippen LogP contribution in [0.3, 0.4) is 0 Å². The molecule has 0 radical (unpaired) electrons. The van der Waals surface area contributed by atoms with Crippen LogP contribution in [0.15, 0.2) is 30.3 Å². The van der Waals surface area contributed by atoms with Crippen LogP contribution in [0.2, 0.25) is 0 Å². The molecular formula is C25H39I2PRu. The number of hydrogen-bond acceptors (Lipinski definition) is 0. The van der Waals surface area contributed by atoms with Gasteiger partial charge in [0.1, 0.15) is 0 Å². The fourth-order valence-corrected chi connectivity index (χ4v) is 14.1. The van der Waals surface area contributed by atoms with E-state index in [1.165, 1.54) is 41.8 Å². The summed E-state index contributed by atoms with van der Waals surface area (Å²) in [5.41, 5.74) is 4.94. The maximum atomic E-state index is 2.52. The Morgan fingerprint density at radius 3 is 1.34 bits per heavy atom. The zero-order valence-corrected chi connectivity index (χ0v) is 24.8. The van der Waals surface area contributed by atoms with Crippen molar-refractivity contribution in [1.29, 1.82) is 0 Å². The van der Waals surface area contributed by atoms with Crippen molar-refractivity contribution in [2.75, 3.05) is 0 Å². The average Bonchev–Trinajstić information content (AvgIpc) is 2.77. The summed E-state index contributed by atoms with van der Waals surface area (Å²) in [6, 6.07) is 10.5. The molecule has 0 aromatic heterocycles. The standard InChI is InChI=1S/C18H33P.C7H6.2HI.Ru/c1-4-10-16(11-5-1)19(17-12-6-2-7-13-17)18-14-8-3-9-15-18;1-7-5-3-2-4-6-7;;;/h16-18H,1-15H2;1-6H;2*1H;/q;;;;+2/p-2. The van der Waals surface area contributed by atoms with Gasteiger partial charge >= 0.3 is 88.5 Å². The maximum absolute atomic E-state index is 2.52. The molecule has 0 heterocycles. The number of hydrogen-bond donors (Lipinski definition) is 0. The number of rotatable bonds is 4. The van der Waals surface area contributed by atoms with E-state index in [9.17, 15) is 0 Å². The molecule has 0 N–H and O–H groups in total. The Labute approximate surface area is 207 Å². The summed E-state index contributed by atoms with van der Waals surface area (Å²) < 4.78 is 2.37. The van der Waals surface area contributed by atoms with E-state index in [0.717, 1.165) is 0 Å². The van der Waals surface area contributed by atoms with Crippen molar-refractivity contribution in [3.8, 4) is 0 Å². The van der Waals surface area contributed by atoms with Crippen molar-refractivity contribution in [3.63, 3.8) is 0 Å². The second kappa shape index (κ2) is 14.7. The molecule has 0 unspecified atom stereocenters. The van der Waals surface area contributed by atoms with Crippen molar-refractivity contribution in [1.82, 2.24) is 0 Å². The molecule has 0 spiro atoms. The molecule has 0 aliphatic heterocycles. The molecule has 3 fully saturated rings. The Bertz CT molecular complexity index is 541. The van der Waals surface area contributed by atoms with Gasteiger partial charge in [0.2, 0.25) is 0 Å². The second-order valence-electron chi connectivity index (χ2n) is 9.04. The molecule has 1 aromatic carbocycles. The van der Waals surface area contributed by atoms with Gasteiger partial charge in [-0.05, 0) is 55.5 Å². The second-order valence-corrected chi connectivity index (χ2v) is 32.0. The predicted octanol–water partition coefficient (Wildman–Crippen LogP) is 9.62. The van der Waals surface area contributed by atoms with Crippen LogP contribution in [0.25, 0.3) is 0 Å². The minimum absolute atomic E-state index is 0.385. The monoisotopic (exact) mass is 726 g/mol. The van der Waals surface area contributed by atoms with Crippen molar-refractivity contribution in [2.45, 2.75) is 113 Å². The molecule has 1 aromatic rings. The molecule has 3 aliphatic rings. The normalized spacial score (nSPS) is 22.7. The summed E-state index contributed by atoms with van der Waals surface area (Å²) in [6.45, 7) is 0. The quantitative estimate of drug-likeness (QED) is 0.165. The van der Waals surface area contributed by atoms with Crippen molar-refractivity contribution in [2.24, 2.45) is 0 Å². The van der Waals surface area contributed by atoms with Crippen molar-refractivity contribution < 1.29 is 8.47 Å². The van der Waals surface area contributed by atoms with Gasteiger partial charge in [-0.2, -0.15) is 0 Å². The van der Waals surface area contributed by atoms with Gasteiger partial charge in [-0.15, -0.1) is 0 Å². The van der Waals surface area contributed by atoms with E-state index >= 15 is 0 Å². The van der Waals surface area contributed by atoms with E-state index in [2.05, 4.69) is 74.4 Å². The Hall–Kier alpha value is 1.60. The summed E-state index contributed by atoms with van der Waals surface area (Å²) in [4.78, 5) is 0. The summed E-state index contributed by atoms with van der Waals surface area (Å²) in [6.07, 6.45) is 23.6. The topological polar surface area (TPSA) is 0 Å². The Morgan fingerprint density at radius 2 is 1.00 bits per heavy atom. The van der Waals surface area contributed by atoms with E-state index in [1.54, 1.807) is 77.0 Å². The summed E-state index contributed by atoms with van der Waals surface area (Å²) >= 11 is 5.04. The van der Waals surface area contributed by atoms with Gasteiger partial charge < -0.3 is 0 Å². The number of halogens is 2. The Kier molecular flexibility index (Phi) is 12.8. The Morgan fingerprint density at radius 1 is 0.621 bits per heavy atom. The summed E-state index contributed by atoms with van der Waals surface area (Å²) in [5.74, 6) is 0. The van der Waals surface area contributed by atoms with Gasteiger partial charge in [0, 0.05) is 0 Å². The first-order valence-corrected chi connectivity index (χ1v) is 24.8. The predicted molar refractivity (Wildman–Crippen MR) is 147 cm³/mol. The summed E-state index contributed by atoms with van der Waals surface area (Å²) in [5, 5.41) is 0. The third-order valence-electron chi connectivity index (χ3n) is 6.98. The fraction of sp³-hybridized carbons (Fsp3) is 0.720. The van der Waals surface area contributed by atoms with E-state index in [1.807, 2.05) is 0 Å². The molecule has 4 rings (SSSR count). The van der Waals surface area contributed by atoms with Crippen LogP contribution < -0.4 is 0 Å². The molecular weight excluding hydrogens is 686 g/mol. The molecule has 29 heavy (non-hydrogen) atoms. The van der Waals surface area contributed by atoms with Gasteiger partial charge in [-0.3, -0.25) is 0 Å². The zero-order chi connectivity index (χ0) is 20.3. The van der Waals surface area contributed by atoms with Crippen LogP contribution >= 0.6 is 47.4 Å². The van der Waals surface area contributed by atoms with Crippen LogP contribution in [0.5, 0.6) is 0 Å². The fourth-order valence-electron chi connectivity index (χ4n) is 5.64. The van der Waals surface area contributed by atoms with E-state index in [4.69, 9.17) is 0 Å². The van der Waals surface area contributed by atoms with Crippen LogP contribution in [0.1, 0.15) is 102 Å². The number of benzene rings is 1. The van der Waals surface area contributed by atoms with Gasteiger partial charge in [-0.1, -0.05) is 65.7 Å². The van der Waals surface area contributed by atoms with Gasteiger partial charge in [0.25, 0.3) is 0 Å². The first kappa shape index (κ1) is 25.2. The van der Waals surface area contributed by atoms with Gasteiger partial charge in [0.05, 0.1) is 0 Å². The van der Waals surface area contributed by atoms with E-state index in [0.29, 0.717) is 7.92 Å². The van der Waals surface area contributed by atoms with E-state index < -0.39 is 8.47 Å². The third kappa shape index (κ3) is 9.17. The first-order chi connectivity index (χ1) is 14.2. The molecule has 3 aliphatic carbocycles. The van der Waals surface area contributed by atoms with Gasteiger partial charge in [-0.25, -0.2) is 0 Å². The summed E-state index contributed by atoms with van der Waals surface area (Å²) in [7, 11) is -0.235. The van der Waals surface area contributed by atoms with E-state index in [-0.39, 0.29) is 0 Å². The molecule has 3 saturated carbocycles.